The van der Waals surface area contributed by atoms with E-state index in [0.29, 0.717) is 6.42 Å². The van der Waals surface area contributed by atoms with Crippen molar-refractivity contribution >= 4 is 27.0 Å². The molecule has 2 atom stereocenters. The largest absolute Gasteiger partial charge is 0.0654 e. The molecule has 1 rings (SSSR count). The van der Waals surface area contributed by atoms with Crippen LogP contribution in [0.3, 0.4) is 0 Å². The SMILES string of the molecule is CCC([AsH2])S(=O)(=O)O.CCCCCCCCC1CC1. The van der Waals surface area contributed by atoms with Gasteiger partial charge in [0.1, 0.15) is 0 Å². The van der Waals surface area contributed by atoms with Crippen molar-refractivity contribution in [2.45, 2.75) is 82.1 Å². The van der Waals surface area contributed by atoms with Crippen molar-refractivity contribution in [3.05, 3.63) is 0 Å². The average Bonchev–Trinajstić information content (AvgIpc) is 3.16. The van der Waals surface area contributed by atoms with Gasteiger partial charge in [0.25, 0.3) is 0 Å². The summed E-state index contributed by atoms with van der Waals surface area (Å²) in [5, 5.41) is 0. The molecule has 0 heterocycles. The predicted molar refractivity (Wildman–Crippen MR) is 84.9 cm³/mol. The van der Waals surface area contributed by atoms with Crippen LogP contribution in [0, 0.1) is 5.92 Å². The van der Waals surface area contributed by atoms with E-state index in [1.54, 1.807) is 6.92 Å². The Bertz CT molecular complexity index is 300. The first kappa shape index (κ1) is 19.5. The zero-order chi connectivity index (χ0) is 14.7. The van der Waals surface area contributed by atoms with Crippen molar-refractivity contribution < 1.29 is 13.0 Å². The molecule has 1 saturated carbocycles. The summed E-state index contributed by atoms with van der Waals surface area (Å²) in [5.41, 5.74) is 0. The Hall–Kier alpha value is 0.468. The van der Waals surface area contributed by atoms with Gasteiger partial charge in [0.15, 0.2) is 0 Å². The minimum Gasteiger partial charge on any atom is -0.0654 e. The fraction of sp³-hybridized carbons (Fsp3) is 1.00. The van der Waals surface area contributed by atoms with Gasteiger partial charge >= 0.3 is 57.3 Å². The van der Waals surface area contributed by atoms with E-state index < -0.39 is 14.2 Å². The topological polar surface area (TPSA) is 54.4 Å². The van der Waals surface area contributed by atoms with Crippen molar-refractivity contribution in [2.75, 3.05) is 0 Å². The van der Waals surface area contributed by atoms with Crippen LogP contribution in [0.25, 0.3) is 0 Å². The standard InChI is InChI=1S/C11H22.C3H9AsO3S/c1-2-3-4-5-6-7-8-11-9-10-11;1-2-3(4)8(5,6)7/h11H,2-10H2,1H3;3H,2,4H2,1H3,(H,5,6,7). The van der Waals surface area contributed by atoms with Crippen molar-refractivity contribution in [3.63, 3.8) is 0 Å². The van der Waals surface area contributed by atoms with Crippen molar-refractivity contribution in [3.8, 4) is 0 Å². The number of rotatable bonds is 9. The second-order valence-corrected chi connectivity index (χ2v) is 9.80. The molecule has 19 heavy (non-hydrogen) atoms. The number of hydrogen-bond acceptors (Lipinski definition) is 2. The van der Waals surface area contributed by atoms with E-state index in [1.807, 2.05) is 0 Å². The maximum Gasteiger partial charge on any atom is -0.0414 e. The molecule has 0 aromatic carbocycles. The van der Waals surface area contributed by atoms with E-state index in [0.717, 1.165) is 22.8 Å². The molecule has 116 valence electrons. The summed E-state index contributed by atoms with van der Waals surface area (Å²) < 4.78 is 28.0. The van der Waals surface area contributed by atoms with E-state index in [1.165, 1.54) is 57.8 Å². The molecular formula is C14H31AsO3S. The summed E-state index contributed by atoms with van der Waals surface area (Å²) in [6, 6.07) is 0. The maximum absolute atomic E-state index is 10.1. The van der Waals surface area contributed by atoms with Crippen LogP contribution in [0.1, 0.15) is 78.1 Å². The molecule has 1 fully saturated rings. The molecule has 1 N–H and O–H groups in total. The van der Waals surface area contributed by atoms with Crippen LogP contribution in [-0.4, -0.2) is 33.9 Å². The Morgan fingerprint density at radius 1 is 1.11 bits per heavy atom. The van der Waals surface area contributed by atoms with Gasteiger partial charge in [0.2, 0.25) is 0 Å². The molecule has 0 aromatic rings. The second-order valence-electron chi connectivity index (χ2n) is 5.46. The third-order valence-electron chi connectivity index (χ3n) is 3.45. The van der Waals surface area contributed by atoms with E-state index >= 15 is 0 Å². The summed E-state index contributed by atoms with van der Waals surface area (Å²) >= 11 is 1.04. The molecule has 1 aliphatic rings. The van der Waals surface area contributed by atoms with Crippen molar-refractivity contribution in [2.24, 2.45) is 5.92 Å². The zero-order valence-electron chi connectivity index (χ0n) is 12.5. The van der Waals surface area contributed by atoms with Gasteiger partial charge in [0, 0.05) is 0 Å². The van der Waals surface area contributed by atoms with Crippen molar-refractivity contribution in [1.82, 2.24) is 0 Å². The molecule has 0 amide bonds. The van der Waals surface area contributed by atoms with Crippen LogP contribution in [0.4, 0.5) is 0 Å². The van der Waals surface area contributed by atoms with Crippen LogP contribution in [0.5, 0.6) is 0 Å². The van der Waals surface area contributed by atoms with E-state index in [2.05, 4.69) is 6.92 Å². The third kappa shape index (κ3) is 13.2. The summed E-state index contributed by atoms with van der Waals surface area (Å²) in [4.78, 5) is 0. The molecule has 0 radical (unpaired) electrons. The van der Waals surface area contributed by atoms with Gasteiger partial charge in [-0.1, -0.05) is 64.7 Å². The predicted octanol–water partition coefficient (Wildman–Crippen LogP) is 3.39. The smallest absolute Gasteiger partial charge is 0.0414 e. The molecule has 3 nitrogen and oxygen atoms in total. The van der Waals surface area contributed by atoms with Gasteiger partial charge in [-0.05, 0) is 5.92 Å². The maximum atomic E-state index is 10.1. The fourth-order valence-corrected chi connectivity index (χ4v) is 2.25. The van der Waals surface area contributed by atoms with Gasteiger partial charge in [0.05, 0.1) is 0 Å². The second kappa shape index (κ2) is 11.2. The minimum atomic E-state index is -3.73. The molecule has 0 bridgehead atoms. The monoisotopic (exact) mass is 354 g/mol. The Morgan fingerprint density at radius 2 is 1.63 bits per heavy atom. The van der Waals surface area contributed by atoms with Crippen LogP contribution < -0.4 is 0 Å². The van der Waals surface area contributed by atoms with E-state index in [-0.39, 0.29) is 0 Å². The molecule has 0 spiro atoms. The number of hydrogen-bond donors (Lipinski definition) is 1. The number of unbranched alkanes of at least 4 members (excludes halogenated alkanes) is 5. The molecular weight excluding hydrogens is 323 g/mol. The van der Waals surface area contributed by atoms with Gasteiger partial charge in [-0.25, -0.2) is 0 Å². The van der Waals surface area contributed by atoms with Crippen LogP contribution in [-0.2, 0) is 10.1 Å². The van der Waals surface area contributed by atoms with E-state index in [4.69, 9.17) is 4.55 Å². The molecule has 5 heteroatoms. The Kier molecular flexibility index (Phi) is 11.4. The molecule has 0 aliphatic heterocycles. The van der Waals surface area contributed by atoms with Gasteiger partial charge in [-0.3, -0.25) is 0 Å². The van der Waals surface area contributed by atoms with Crippen molar-refractivity contribution in [1.29, 1.82) is 0 Å². The summed E-state index contributed by atoms with van der Waals surface area (Å²) in [6.45, 7) is 4.00. The van der Waals surface area contributed by atoms with Crippen LogP contribution in [0.2, 0.25) is 0 Å². The van der Waals surface area contributed by atoms with Crippen LogP contribution >= 0.6 is 0 Å². The first-order valence-corrected chi connectivity index (χ1v) is 10.5. The Morgan fingerprint density at radius 3 is 2.00 bits per heavy atom. The summed E-state index contributed by atoms with van der Waals surface area (Å²) in [6.07, 6.45) is 13.9. The Labute approximate surface area is 128 Å². The molecule has 0 aromatic heterocycles. The first-order chi connectivity index (χ1) is 8.91. The summed E-state index contributed by atoms with van der Waals surface area (Å²) in [5.74, 6) is 1.15. The average molecular weight is 354 g/mol. The fourth-order valence-electron chi connectivity index (χ4n) is 1.83. The zero-order valence-corrected chi connectivity index (χ0v) is 15.7. The van der Waals surface area contributed by atoms with Gasteiger partial charge in [-0.2, -0.15) is 0 Å². The molecule has 1 aliphatic carbocycles. The molecule has 2 unspecified atom stereocenters. The normalized spacial score (nSPS) is 16.6. The Balaban J connectivity index is 0.000000362. The minimum absolute atomic E-state index is 0.485. The van der Waals surface area contributed by atoms with Crippen LogP contribution in [0.15, 0.2) is 0 Å². The van der Waals surface area contributed by atoms with Gasteiger partial charge < -0.3 is 0 Å². The van der Waals surface area contributed by atoms with E-state index in [9.17, 15) is 8.42 Å². The van der Waals surface area contributed by atoms with Gasteiger partial charge in [-0.15, -0.1) is 0 Å². The molecule has 0 saturated heterocycles. The summed E-state index contributed by atoms with van der Waals surface area (Å²) in [7, 11) is -3.73. The first-order valence-electron chi connectivity index (χ1n) is 7.63. The third-order valence-corrected chi connectivity index (χ3v) is 7.70. The quantitative estimate of drug-likeness (QED) is 0.392.